The summed E-state index contributed by atoms with van der Waals surface area (Å²) in [5.41, 5.74) is 4.42. The van der Waals surface area contributed by atoms with Gasteiger partial charge in [-0.3, -0.25) is 0 Å². The van der Waals surface area contributed by atoms with Crippen molar-refractivity contribution in [3.63, 3.8) is 0 Å². The standard InChI is InChI=1S/C22H25N2O/c1-21(2)19-7-5-6-8-20(19)24-15-16-25-22(21,24)14-13-17-9-11-18(12-10-17)23(3)4/h6-14H,15-16H2,1-4H3. The number of hydrogen-bond acceptors (Lipinski definition) is 3. The molecule has 3 nitrogen and oxygen atoms in total. The average Bonchev–Trinajstić information content (AvgIpc) is 3.12. The van der Waals surface area contributed by atoms with Crippen molar-refractivity contribution < 1.29 is 4.74 Å². The van der Waals surface area contributed by atoms with Crippen LogP contribution in [0.3, 0.4) is 0 Å². The van der Waals surface area contributed by atoms with Crippen LogP contribution in [-0.2, 0) is 10.2 Å². The van der Waals surface area contributed by atoms with Gasteiger partial charge < -0.3 is 14.5 Å². The van der Waals surface area contributed by atoms with Gasteiger partial charge in [0, 0.05) is 37.4 Å². The number of hydrogen-bond donors (Lipinski definition) is 0. The van der Waals surface area contributed by atoms with Gasteiger partial charge in [0.1, 0.15) is 0 Å². The van der Waals surface area contributed by atoms with Gasteiger partial charge in [0.25, 0.3) is 0 Å². The second-order valence-electron chi connectivity index (χ2n) is 7.58. The van der Waals surface area contributed by atoms with E-state index in [-0.39, 0.29) is 5.41 Å². The lowest BCUT2D eigenvalue weighted by Crippen LogP contribution is -2.51. The zero-order chi connectivity index (χ0) is 17.7. The second kappa shape index (κ2) is 5.63. The van der Waals surface area contributed by atoms with Gasteiger partial charge in [0.05, 0.1) is 6.61 Å². The van der Waals surface area contributed by atoms with Gasteiger partial charge in [-0.05, 0) is 47.5 Å². The van der Waals surface area contributed by atoms with Crippen LogP contribution in [0.25, 0.3) is 6.08 Å². The van der Waals surface area contributed by atoms with E-state index in [9.17, 15) is 0 Å². The summed E-state index contributed by atoms with van der Waals surface area (Å²) >= 11 is 0. The highest BCUT2D eigenvalue weighted by Crippen LogP contribution is 2.54. The Morgan fingerprint density at radius 1 is 1.16 bits per heavy atom. The van der Waals surface area contributed by atoms with Crippen LogP contribution in [-0.4, -0.2) is 33.0 Å². The summed E-state index contributed by atoms with van der Waals surface area (Å²) in [5.74, 6) is 0. The molecular weight excluding hydrogens is 308 g/mol. The van der Waals surface area contributed by atoms with Gasteiger partial charge in [0.15, 0.2) is 5.72 Å². The topological polar surface area (TPSA) is 15.7 Å². The maximum atomic E-state index is 6.36. The maximum absolute atomic E-state index is 6.36. The first-order chi connectivity index (χ1) is 12.0. The van der Waals surface area contributed by atoms with Crippen LogP contribution in [0.5, 0.6) is 0 Å². The summed E-state index contributed by atoms with van der Waals surface area (Å²) < 4.78 is 6.36. The molecule has 1 atom stereocenters. The zero-order valence-corrected chi connectivity index (χ0v) is 15.4. The third-order valence-corrected chi connectivity index (χ3v) is 5.65. The van der Waals surface area contributed by atoms with E-state index >= 15 is 0 Å². The van der Waals surface area contributed by atoms with Crippen molar-refractivity contribution in [3.8, 4) is 0 Å². The van der Waals surface area contributed by atoms with Crippen LogP contribution in [0.1, 0.15) is 25.0 Å². The highest BCUT2D eigenvalue weighted by atomic mass is 16.5. The third kappa shape index (κ3) is 2.30. The molecule has 0 N–H and O–H groups in total. The number of benzene rings is 2. The summed E-state index contributed by atoms with van der Waals surface area (Å²) in [7, 11) is 4.12. The molecule has 2 heterocycles. The Kier molecular flexibility index (Phi) is 3.66. The molecule has 0 aromatic heterocycles. The molecule has 1 unspecified atom stereocenters. The molecule has 0 aliphatic carbocycles. The lowest BCUT2D eigenvalue weighted by Gasteiger charge is -2.39. The second-order valence-corrected chi connectivity index (χ2v) is 7.58. The highest BCUT2D eigenvalue weighted by Gasteiger charge is 2.58. The van der Waals surface area contributed by atoms with Crippen molar-refractivity contribution in [2.75, 3.05) is 37.0 Å². The summed E-state index contributed by atoms with van der Waals surface area (Å²) in [6, 6.07) is 18.1. The van der Waals surface area contributed by atoms with Crippen LogP contribution in [0, 0.1) is 6.07 Å². The number of anilines is 2. The molecule has 0 spiro atoms. The minimum absolute atomic E-state index is 0.128. The molecule has 1 fully saturated rings. The summed E-state index contributed by atoms with van der Waals surface area (Å²) in [4.78, 5) is 4.52. The lowest BCUT2D eigenvalue weighted by atomic mass is 9.77. The van der Waals surface area contributed by atoms with Crippen LogP contribution in [0.4, 0.5) is 11.4 Å². The van der Waals surface area contributed by atoms with Gasteiger partial charge >= 0.3 is 0 Å². The Hall–Kier alpha value is -2.26. The van der Waals surface area contributed by atoms with Gasteiger partial charge in [-0.2, -0.15) is 0 Å². The number of fused-ring (bicyclic) bond motifs is 3. The van der Waals surface area contributed by atoms with Crippen molar-refractivity contribution in [1.29, 1.82) is 0 Å². The Morgan fingerprint density at radius 3 is 2.64 bits per heavy atom. The molecule has 3 heteroatoms. The first-order valence-corrected chi connectivity index (χ1v) is 8.84. The van der Waals surface area contributed by atoms with E-state index in [1.807, 2.05) is 6.07 Å². The van der Waals surface area contributed by atoms with Crippen LogP contribution >= 0.6 is 0 Å². The van der Waals surface area contributed by atoms with Crippen molar-refractivity contribution in [2.45, 2.75) is 25.0 Å². The molecule has 129 valence electrons. The van der Waals surface area contributed by atoms with Crippen molar-refractivity contribution in [3.05, 3.63) is 65.7 Å². The van der Waals surface area contributed by atoms with Gasteiger partial charge in [-0.1, -0.05) is 38.1 Å². The van der Waals surface area contributed by atoms with E-state index < -0.39 is 5.72 Å². The lowest BCUT2D eigenvalue weighted by molar-refractivity contribution is 0.000333. The smallest absolute Gasteiger partial charge is 0.170 e. The van der Waals surface area contributed by atoms with Crippen molar-refractivity contribution in [2.24, 2.45) is 0 Å². The summed E-state index contributed by atoms with van der Waals surface area (Å²) in [6.07, 6.45) is 4.43. The molecule has 2 aliphatic heterocycles. The van der Waals surface area contributed by atoms with Crippen LogP contribution in [0.2, 0.25) is 0 Å². The molecule has 0 saturated carbocycles. The van der Waals surface area contributed by atoms with Crippen molar-refractivity contribution in [1.82, 2.24) is 0 Å². The zero-order valence-electron chi connectivity index (χ0n) is 15.4. The fourth-order valence-electron chi connectivity index (χ4n) is 4.14. The first kappa shape index (κ1) is 16.2. The van der Waals surface area contributed by atoms with Gasteiger partial charge in [-0.15, -0.1) is 0 Å². The average molecular weight is 333 g/mol. The van der Waals surface area contributed by atoms with E-state index in [1.54, 1.807) is 0 Å². The van der Waals surface area contributed by atoms with E-state index in [1.165, 1.54) is 22.5 Å². The van der Waals surface area contributed by atoms with E-state index in [2.05, 4.69) is 92.4 Å². The summed E-state index contributed by atoms with van der Waals surface area (Å²) in [6.45, 7) is 6.21. The van der Waals surface area contributed by atoms with E-state index in [4.69, 9.17) is 4.74 Å². The predicted molar refractivity (Wildman–Crippen MR) is 104 cm³/mol. The molecule has 2 aromatic rings. The number of nitrogens with zero attached hydrogens (tertiary/aromatic N) is 2. The Labute approximate surface area is 150 Å². The Bertz CT molecular complexity index is 807. The SMILES string of the molecule is CN(C)c1ccc(C=CC23OCCN2c2cc[c]cc2C3(C)C)cc1. The fourth-order valence-corrected chi connectivity index (χ4v) is 4.14. The first-order valence-electron chi connectivity index (χ1n) is 8.84. The van der Waals surface area contributed by atoms with Crippen LogP contribution < -0.4 is 9.80 Å². The minimum Gasteiger partial charge on any atom is -0.378 e. The number of ether oxygens (including phenoxy) is 1. The molecule has 25 heavy (non-hydrogen) atoms. The van der Waals surface area contributed by atoms with Gasteiger partial charge in [0.2, 0.25) is 0 Å². The number of rotatable bonds is 3. The molecule has 0 amide bonds. The molecule has 0 bridgehead atoms. The fraction of sp³-hybridized carbons (Fsp3) is 0.364. The predicted octanol–water partition coefficient (Wildman–Crippen LogP) is 4.09. The van der Waals surface area contributed by atoms with E-state index in [0.29, 0.717) is 0 Å². The van der Waals surface area contributed by atoms with E-state index in [0.717, 1.165) is 13.2 Å². The minimum atomic E-state index is -0.426. The molecular formula is C22H25N2O. The van der Waals surface area contributed by atoms with Crippen LogP contribution in [0.15, 0.2) is 48.5 Å². The molecule has 2 aliphatic rings. The van der Waals surface area contributed by atoms with Gasteiger partial charge in [-0.25, -0.2) is 0 Å². The van der Waals surface area contributed by atoms with Crippen molar-refractivity contribution >= 4 is 17.5 Å². The largest absolute Gasteiger partial charge is 0.378 e. The summed E-state index contributed by atoms with van der Waals surface area (Å²) in [5, 5.41) is 0. The molecule has 1 saturated heterocycles. The quantitative estimate of drug-likeness (QED) is 0.841. The Morgan fingerprint density at radius 2 is 1.92 bits per heavy atom. The highest BCUT2D eigenvalue weighted by molar-refractivity contribution is 5.70. The normalized spacial score (nSPS) is 23.8. The molecule has 1 radical (unpaired) electrons. The maximum Gasteiger partial charge on any atom is 0.170 e. The third-order valence-electron chi connectivity index (χ3n) is 5.65. The monoisotopic (exact) mass is 333 g/mol. The molecule has 2 aromatic carbocycles. The Balaban J connectivity index is 1.71. The molecule has 4 rings (SSSR count).